The molecule has 10 heteroatoms. The van der Waals surface area contributed by atoms with Gasteiger partial charge in [-0.3, -0.25) is 9.69 Å². The van der Waals surface area contributed by atoms with E-state index in [4.69, 9.17) is 0 Å². The van der Waals surface area contributed by atoms with Gasteiger partial charge in [0.15, 0.2) is 0 Å². The molecule has 1 saturated heterocycles. The zero-order valence-corrected chi connectivity index (χ0v) is 18.1. The number of alkyl halides is 3. The maximum Gasteiger partial charge on any atom is 0.416 e. The number of sulfonamides is 1. The number of carbonyl (C=O) groups excluding carboxylic acids is 1. The van der Waals surface area contributed by atoms with Gasteiger partial charge in [0.1, 0.15) is 0 Å². The van der Waals surface area contributed by atoms with E-state index in [1.54, 1.807) is 24.0 Å². The summed E-state index contributed by atoms with van der Waals surface area (Å²) in [5.74, 6) is -0.454. The van der Waals surface area contributed by atoms with Gasteiger partial charge < -0.3 is 5.32 Å². The number of halogens is 3. The molecule has 0 atom stereocenters. The number of piperazine rings is 1. The molecule has 2 aromatic rings. The minimum Gasteiger partial charge on any atom is -0.325 e. The monoisotopic (exact) mass is 455 g/mol. The summed E-state index contributed by atoms with van der Waals surface area (Å²) < 4.78 is 65.8. The molecular weight excluding hydrogens is 431 g/mol. The average Bonchev–Trinajstić information content (AvgIpc) is 2.69. The Morgan fingerprint density at radius 2 is 1.71 bits per heavy atom. The Bertz CT molecular complexity index is 1060. The number of nitrogens with one attached hydrogen (secondary N) is 1. The van der Waals surface area contributed by atoms with Crippen LogP contribution in [0.4, 0.5) is 18.9 Å². The molecular formula is C21H24F3N3O3S. The summed E-state index contributed by atoms with van der Waals surface area (Å²) in [6, 6.07) is 9.72. The zero-order chi connectivity index (χ0) is 22.8. The van der Waals surface area contributed by atoms with Crippen LogP contribution in [0.3, 0.4) is 0 Å². The van der Waals surface area contributed by atoms with Crippen molar-refractivity contribution in [3.05, 3.63) is 59.2 Å². The summed E-state index contributed by atoms with van der Waals surface area (Å²) >= 11 is 0. The maximum atomic E-state index is 13.0. The van der Waals surface area contributed by atoms with Crippen molar-refractivity contribution in [1.29, 1.82) is 0 Å². The van der Waals surface area contributed by atoms with Gasteiger partial charge in [-0.15, -0.1) is 0 Å². The Morgan fingerprint density at radius 1 is 1.03 bits per heavy atom. The number of hydrogen-bond donors (Lipinski definition) is 1. The number of anilines is 1. The summed E-state index contributed by atoms with van der Waals surface area (Å²) in [5.41, 5.74) is 0.758. The summed E-state index contributed by atoms with van der Waals surface area (Å²) in [4.78, 5) is 14.3. The third-order valence-electron chi connectivity index (χ3n) is 5.13. The molecule has 0 aliphatic carbocycles. The second-order valence-electron chi connectivity index (χ2n) is 7.58. The number of carbonyl (C=O) groups is 1. The van der Waals surface area contributed by atoms with E-state index in [9.17, 15) is 26.4 Å². The lowest BCUT2D eigenvalue weighted by Crippen LogP contribution is -2.50. The lowest BCUT2D eigenvalue weighted by Gasteiger charge is -2.33. The summed E-state index contributed by atoms with van der Waals surface area (Å²) in [6.45, 7) is 4.70. The van der Waals surface area contributed by atoms with Gasteiger partial charge in [-0.05, 0) is 49.2 Å². The van der Waals surface area contributed by atoms with Crippen molar-refractivity contribution in [1.82, 2.24) is 9.21 Å². The summed E-state index contributed by atoms with van der Waals surface area (Å²) in [5, 5.41) is 2.47. The van der Waals surface area contributed by atoms with Crippen LogP contribution in [0.1, 0.15) is 16.7 Å². The molecule has 0 radical (unpaired) electrons. The van der Waals surface area contributed by atoms with E-state index in [0.29, 0.717) is 18.7 Å². The Labute approximate surface area is 179 Å². The van der Waals surface area contributed by atoms with Crippen LogP contribution in [0.25, 0.3) is 0 Å². The fourth-order valence-corrected chi connectivity index (χ4v) is 5.16. The first-order valence-corrected chi connectivity index (χ1v) is 11.2. The largest absolute Gasteiger partial charge is 0.416 e. The van der Waals surface area contributed by atoms with Crippen LogP contribution in [0.5, 0.6) is 0 Å². The maximum absolute atomic E-state index is 13.0. The third kappa shape index (κ3) is 5.63. The molecule has 0 spiro atoms. The second kappa shape index (κ2) is 8.97. The molecule has 31 heavy (non-hydrogen) atoms. The first kappa shape index (κ1) is 23.2. The van der Waals surface area contributed by atoms with Crippen LogP contribution in [0, 0.1) is 13.8 Å². The normalized spacial score (nSPS) is 16.3. The molecule has 0 bridgehead atoms. The Balaban J connectivity index is 1.58. The molecule has 1 fully saturated rings. The third-order valence-corrected chi connectivity index (χ3v) is 7.17. The van der Waals surface area contributed by atoms with Gasteiger partial charge in [-0.2, -0.15) is 17.5 Å². The van der Waals surface area contributed by atoms with Gasteiger partial charge in [-0.25, -0.2) is 8.42 Å². The van der Waals surface area contributed by atoms with Crippen molar-refractivity contribution < 1.29 is 26.4 Å². The number of amides is 1. The highest BCUT2D eigenvalue weighted by Gasteiger charge is 2.31. The smallest absolute Gasteiger partial charge is 0.325 e. The number of hydrogen-bond acceptors (Lipinski definition) is 4. The predicted octanol–water partition coefficient (Wildman–Crippen LogP) is 3.27. The van der Waals surface area contributed by atoms with E-state index in [0.717, 1.165) is 17.7 Å². The number of nitrogens with zero attached hydrogens (tertiary/aromatic N) is 2. The van der Waals surface area contributed by atoms with Gasteiger partial charge >= 0.3 is 6.18 Å². The van der Waals surface area contributed by atoms with Crippen molar-refractivity contribution in [3.63, 3.8) is 0 Å². The fourth-order valence-electron chi connectivity index (χ4n) is 3.43. The topological polar surface area (TPSA) is 69.7 Å². The van der Waals surface area contributed by atoms with E-state index in [1.165, 1.54) is 16.4 Å². The predicted molar refractivity (Wildman–Crippen MR) is 111 cm³/mol. The average molecular weight is 456 g/mol. The minimum atomic E-state index is -4.49. The molecule has 1 amide bonds. The molecule has 1 aliphatic heterocycles. The molecule has 1 N–H and O–H groups in total. The molecule has 168 valence electrons. The highest BCUT2D eigenvalue weighted by molar-refractivity contribution is 7.89. The van der Waals surface area contributed by atoms with E-state index in [2.05, 4.69) is 5.32 Å². The van der Waals surface area contributed by atoms with Gasteiger partial charge in [0.2, 0.25) is 15.9 Å². The second-order valence-corrected chi connectivity index (χ2v) is 9.48. The van der Waals surface area contributed by atoms with Crippen LogP contribution in [-0.4, -0.2) is 56.3 Å². The lowest BCUT2D eigenvalue weighted by atomic mass is 10.2. The molecule has 2 aromatic carbocycles. The van der Waals surface area contributed by atoms with E-state index in [-0.39, 0.29) is 30.2 Å². The van der Waals surface area contributed by atoms with Crippen LogP contribution < -0.4 is 5.32 Å². The number of rotatable bonds is 5. The minimum absolute atomic E-state index is 0.0341. The Kier molecular flexibility index (Phi) is 6.73. The van der Waals surface area contributed by atoms with Crippen molar-refractivity contribution in [2.24, 2.45) is 0 Å². The quantitative estimate of drug-likeness (QED) is 0.752. The lowest BCUT2D eigenvalue weighted by molar-refractivity contribution is -0.137. The van der Waals surface area contributed by atoms with Crippen LogP contribution in [0.2, 0.25) is 0 Å². The molecule has 0 aromatic heterocycles. The van der Waals surface area contributed by atoms with Crippen molar-refractivity contribution in [2.45, 2.75) is 24.9 Å². The first-order valence-electron chi connectivity index (χ1n) is 9.74. The molecule has 0 unspecified atom stereocenters. The van der Waals surface area contributed by atoms with Crippen LogP contribution in [0.15, 0.2) is 47.4 Å². The number of benzene rings is 2. The molecule has 1 heterocycles. The summed E-state index contributed by atoms with van der Waals surface area (Å²) in [7, 11) is -3.63. The highest BCUT2D eigenvalue weighted by atomic mass is 32.2. The standard InChI is InChI=1S/C21H24F3N3O3S/c1-15-6-7-16(2)19(12-15)31(29,30)27-10-8-26(9-11-27)14-20(28)25-18-5-3-4-17(13-18)21(22,23)24/h3-7,12-13H,8-11,14H2,1-2H3,(H,25,28). The molecule has 1 aliphatic rings. The Hall–Kier alpha value is -2.43. The zero-order valence-electron chi connectivity index (χ0n) is 17.2. The first-order chi connectivity index (χ1) is 14.5. The van der Waals surface area contributed by atoms with Gasteiger partial charge in [-0.1, -0.05) is 18.2 Å². The van der Waals surface area contributed by atoms with Gasteiger partial charge in [0.25, 0.3) is 0 Å². The molecule has 6 nitrogen and oxygen atoms in total. The van der Waals surface area contributed by atoms with Crippen LogP contribution >= 0.6 is 0 Å². The van der Waals surface area contributed by atoms with Crippen molar-refractivity contribution in [3.8, 4) is 0 Å². The van der Waals surface area contributed by atoms with Crippen LogP contribution in [-0.2, 0) is 21.0 Å². The summed E-state index contributed by atoms with van der Waals surface area (Å²) in [6.07, 6.45) is -4.49. The van der Waals surface area contributed by atoms with Crippen molar-refractivity contribution >= 4 is 21.6 Å². The molecule has 3 rings (SSSR count). The van der Waals surface area contributed by atoms with E-state index < -0.39 is 27.7 Å². The van der Waals surface area contributed by atoms with Gasteiger partial charge in [0.05, 0.1) is 17.0 Å². The van der Waals surface area contributed by atoms with E-state index >= 15 is 0 Å². The fraction of sp³-hybridized carbons (Fsp3) is 0.381. The van der Waals surface area contributed by atoms with E-state index in [1.807, 2.05) is 13.0 Å². The molecule has 0 saturated carbocycles. The SMILES string of the molecule is Cc1ccc(C)c(S(=O)(=O)N2CCN(CC(=O)Nc3cccc(C(F)(F)F)c3)CC2)c1. The number of aryl methyl sites for hydroxylation is 2. The van der Waals surface area contributed by atoms with Crippen molar-refractivity contribution in [2.75, 3.05) is 38.0 Å². The van der Waals surface area contributed by atoms with Gasteiger partial charge in [0, 0.05) is 31.9 Å². The Morgan fingerprint density at radius 3 is 2.35 bits per heavy atom. The highest BCUT2D eigenvalue weighted by Crippen LogP contribution is 2.30.